The highest BCUT2D eigenvalue weighted by atomic mass is 16.5. The van der Waals surface area contributed by atoms with E-state index in [4.69, 9.17) is 4.74 Å². The van der Waals surface area contributed by atoms with Gasteiger partial charge in [-0.05, 0) is 13.1 Å². The van der Waals surface area contributed by atoms with Crippen molar-refractivity contribution < 1.29 is 9.53 Å². The van der Waals surface area contributed by atoms with Crippen LogP contribution in [0.4, 0.5) is 0 Å². The number of likely N-dealkylation sites (N-methyl/N-ethyl adjacent to an activating group) is 1. The molecular formula is C11H18N4O2. The summed E-state index contributed by atoms with van der Waals surface area (Å²) in [7, 11) is 3.44. The highest BCUT2D eigenvalue weighted by molar-refractivity contribution is 5.78. The zero-order valence-electron chi connectivity index (χ0n) is 10.2. The Bertz CT molecular complexity index is 366. The Morgan fingerprint density at radius 3 is 3.00 bits per heavy atom. The maximum Gasteiger partial charge on any atom is 0.236 e. The molecule has 0 aromatic carbocycles. The Kier molecular flexibility index (Phi) is 3.75. The molecule has 2 heterocycles. The van der Waals surface area contributed by atoms with E-state index in [9.17, 15) is 4.79 Å². The van der Waals surface area contributed by atoms with Crippen LogP contribution in [0.3, 0.4) is 0 Å². The van der Waals surface area contributed by atoms with Crippen molar-refractivity contribution in [2.75, 3.05) is 33.8 Å². The van der Waals surface area contributed by atoms with Crippen molar-refractivity contribution in [3.05, 3.63) is 18.5 Å². The number of hydrogen-bond donors (Lipinski definition) is 1. The molecule has 1 aromatic heterocycles. The van der Waals surface area contributed by atoms with E-state index in [0.29, 0.717) is 19.6 Å². The van der Waals surface area contributed by atoms with Crippen LogP contribution in [0.15, 0.2) is 18.5 Å². The number of amides is 1. The summed E-state index contributed by atoms with van der Waals surface area (Å²) in [6, 6.07) is 1.99. The summed E-state index contributed by atoms with van der Waals surface area (Å²) in [4.78, 5) is 13.6. The average molecular weight is 238 g/mol. The summed E-state index contributed by atoms with van der Waals surface area (Å²) < 4.78 is 7.29. The number of methoxy groups -OCH3 is 1. The fraction of sp³-hybridized carbons (Fsp3) is 0.636. The number of aromatic nitrogens is 2. The first kappa shape index (κ1) is 12.1. The standard InChI is InChI=1S/C11H18N4O2/c1-12-6-11(16)14-7-9(10(8-14)17-2)15-5-3-4-13-15/h3-5,9-10,12H,6-8H2,1-2H3. The number of nitrogens with zero attached hydrogens (tertiary/aromatic N) is 3. The first-order valence-electron chi connectivity index (χ1n) is 5.70. The van der Waals surface area contributed by atoms with Crippen LogP contribution in [0.25, 0.3) is 0 Å². The Balaban J connectivity index is 2.06. The minimum atomic E-state index is 0.00991. The fourth-order valence-corrected chi connectivity index (χ4v) is 2.19. The second-order valence-electron chi connectivity index (χ2n) is 4.16. The van der Waals surface area contributed by atoms with Crippen molar-refractivity contribution in [2.24, 2.45) is 0 Å². The van der Waals surface area contributed by atoms with Crippen LogP contribution in [-0.2, 0) is 9.53 Å². The number of nitrogens with one attached hydrogen (secondary N) is 1. The van der Waals surface area contributed by atoms with E-state index in [1.807, 2.05) is 21.8 Å². The molecule has 17 heavy (non-hydrogen) atoms. The third-order valence-electron chi connectivity index (χ3n) is 3.09. The van der Waals surface area contributed by atoms with Gasteiger partial charge in [-0.3, -0.25) is 9.48 Å². The van der Waals surface area contributed by atoms with E-state index >= 15 is 0 Å². The zero-order valence-corrected chi connectivity index (χ0v) is 10.2. The molecule has 6 nitrogen and oxygen atoms in total. The van der Waals surface area contributed by atoms with Crippen LogP contribution in [0, 0.1) is 0 Å². The lowest BCUT2D eigenvalue weighted by atomic mass is 10.2. The van der Waals surface area contributed by atoms with E-state index in [1.54, 1.807) is 20.4 Å². The van der Waals surface area contributed by atoms with Crippen molar-refractivity contribution in [3.63, 3.8) is 0 Å². The predicted molar refractivity (Wildman–Crippen MR) is 62.6 cm³/mol. The molecule has 1 N–H and O–H groups in total. The normalized spacial score (nSPS) is 24.2. The van der Waals surface area contributed by atoms with Crippen molar-refractivity contribution >= 4 is 5.91 Å². The minimum Gasteiger partial charge on any atom is -0.377 e. The first-order valence-corrected chi connectivity index (χ1v) is 5.70. The van der Waals surface area contributed by atoms with Gasteiger partial charge in [-0.1, -0.05) is 0 Å². The van der Waals surface area contributed by atoms with Crippen LogP contribution in [-0.4, -0.2) is 60.5 Å². The molecule has 2 rings (SSSR count). The van der Waals surface area contributed by atoms with Gasteiger partial charge in [0.15, 0.2) is 0 Å². The Morgan fingerprint density at radius 2 is 2.41 bits per heavy atom. The van der Waals surface area contributed by atoms with Crippen molar-refractivity contribution in [1.82, 2.24) is 20.0 Å². The maximum absolute atomic E-state index is 11.8. The second-order valence-corrected chi connectivity index (χ2v) is 4.16. The monoisotopic (exact) mass is 238 g/mol. The van der Waals surface area contributed by atoms with Gasteiger partial charge in [-0.25, -0.2) is 0 Å². The number of likely N-dealkylation sites (tertiary alicyclic amines) is 1. The molecule has 0 saturated carbocycles. The number of carbonyl (C=O) groups excluding carboxylic acids is 1. The van der Waals surface area contributed by atoms with E-state index in [-0.39, 0.29) is 18.1 Å². The summed E-state index contributed by atoms with van der Waals surface area (Å²) in [5.41, 5.74) is 0. The molecule has 0 bridgehead atoms. The summed E-state index contributed by atoms with van der Waals surface area (Å²) in [6.45, 7) is 1.64. The molecule has 1 aromatic rings. The van der Waals surface area contributed by atoms with Gasteiger partial charge in [-0.2, -0.15) is 5.10 Å². The molecule has 1 amide bonds. The summed E-state index contributed by atoms with van der Waals surface area (Å²) >= 11 is 0. The van der Waals surface area contributed by atoms with Crippen LogP contribution >= 0.6 is 0 Å². The summed E-state index contributed by atoms with van der Waals surface area (Å²) in [5, 5.41) is 7.09. The van der Waals surface area contributed by atoms with Gasteiger partial charge in [0.2, 0.25) is 5.91 Å². The van der Waals surface area contributed by atoms with Gasteiger partial charge in [0.05, 0.1) is 18.7 Å². The molecule has 0 spiro atoms. The molecule has 0 aliphatic carbocycles. The van der Waals surface area contributed by atoms with Gasteiger partial charge in [0, 0.05) is 32.6 Å². The third kappa shape index (κ3) is 2.48. The van der Waals surface area contributed by atoms with E-state index in [0.717, 1.165) is 0 Å². The summed E-state index contributed by atoms with van der Waals surface area (Å²) in [6.07, 6.45) is 3.66. The largest absolute Gasteiger partial charge is 0.377 e. The molecule has 1 aliphatic heterocycles. The summed E-state index contributed by atoms with van der Waals surface area (Å²) in [5.74, 6) is 0.101. The lowest BCUT2D eigenvalue weighted by Gasteiger charge is -2.16. The topological polar surface area (TPSA) is 59.4 Å². The van der Waals surface area contributed by atoms with Gasteiger partial charge >= 0.3 is 0 Å². The molecule has 6 heteroatoms. The Morgan fingerprint density at radius 1 is 1.59 bits per heavy atom. The zero-order chi connectivity index (χ0) is 12.3. The molecule has 2 unspecified atom stereocenters. The maximum atomic E-state index is 11.8. The number of rotatable bonds is 4. The van der Waals surface area contributed by atoms with E-state index in [1.165, 1.54) is 0 Å². The van der Waals surface area contributed by atoms with E-state index in [2.05, 4.69) is 10.4 Å². The SMILES string of the molecule is CNCC(=O)N1CC(OC)C(n2cccn2)C1. The van der Waals surface area contributed by atoms with Crippen LogP contribution in [0.5, 0.6) is 0 Å². The lowest BCUT2D eigenvalue weighted by Crippen LogP contribution is -2.36. The number of ether oxygens (including phenoxy) is 1. The molecule has 0 radical (unpaired) electrons. The minimum absolute atomic E-state index is 0.00991. The molecule has 1 saturated heterocycles. The smallest absolute Gasteiger partial charge is 0.236 e. The molecule has 1 fully saturated rings. The van der Waals surface area contributed by atoms with E-state index < -0.39 is 0 Å². The van der Waals surface area contributed by atoms with Crippen LogP contribution in [0.1, 0.15) is 6.04 Å². The number of hydrogen-bond acceptors (Lipinski definition) is 4. The molecule has 2 atom stereocenters. The third-order valence-corrected chi connectivity index (χ3v) is 3.09. The molecule has 1 aliphatic rings. The van der Waals surface area contributed by atoms with Crippen molar-refractivity contribution in [1.29, 1.82) is 0 Å². The van der Waals surface area contributed by atoms with Gasteiger partial charge < -0.3 is 15.0 Å². The average Bonchev–Trinajstić information content (AvgIpc) is 2.97. The van der Waals surface area contributed by atoms with Crippen LogP contribution < -0.4 is 5.32 Å². The molecular weight excluding hydrogens is 220 g/mol. The van der Waals surface area contributed by atoms with Gasteiger partial charge in [0.1, 0.15) is 0 Å². The lowest BCUT2D eigenvalue weighted by molar-refractivity contribution is -0.129. The Labute approximate surface area is 101 Å². The van der Waals surface area contributed by atoms with Crippen LogP contribution in [0.2, 0.25) is 0 Å². The first-order chi connectivity index (χ1) is 8.26. The fourth-order valence-electron chi connectivity index (χ4n) is 2.19. The molecule has 94 valence electrons. The van der Waals surface area contributed by atoms with Gasteiger partial charge in [-0.15, -0.1) is 0 Å². The van der Waals surface area contributed by atoms with Crippen molar-refractivity contribution in [3.8, 4) is 0 Å². The highest BCUT2D eigenvalue weighted by Gasteiger charge is 2.36. The van der Waals surface area contributed by atoms with Crippen molar-refractivity contribution in [2.45, 2.75) is 12.1 Å². The quantitative estimate of drug-likeness (QED) is 0.768. The predicted octanol–water partition coefficient (Wildman–Crippen LogP) is -0.499. The Hall–Kier alpha value is -1.40. The highest BCUT2D eigenvalue weighted by Crippen LogP contribution is 2.23. The van der Waals surface area contributed by atoms with Gasteiger partial charge in [0.25, 0.3) is 0 Å². The second kappa shape index (κ2) is 5.29. The number of carbonyl (C=O) groups is 1.